The summed E-state index contributed by atoms with van der Waals surface area (Å²) in [6.07, 6.45) is 4.75. The molecule has 0 saturated heterocycles. The fourth-order valence-corrected chi connectivity index (χ4v) is 2.94. The number of hydrogen-bond donors (Lipinski definition) is 3. The van der Waals surface area contributed by atoms with Crippen molar-refractivity contribution in [3.8, 4) is 0 Å². The van der Waals surface area contributed by atoms with Crippen molar-refractivity contribution < 1.29 is 9.59 Å². The number of hydrazine groups is 1. The maximum absolute atomic E-state index is 12.4. The van der Waals surface area contributed by atoms with Gasteiger partial charge in [0.2, 0.25) is 11.8 Å². The van der Waals surface area contributed by atoms with Crippen molar-refractivity contribution in [2.75, 3.05) is 6.54 Å². The zero-order chi connectivity index (χ0) is 19.1. The molecule has 0 fully saturated rings. The molecule has 1 aromatic carbocycles. The summed E-state index contributed by atoms with van der Waals surface area (Å²) in [4.78, 5) is 25.9. The Morgan fingerprint density at radius 1 is 1.23 bits per heavy atom. The van der Waals surface area contributed by atoms with Gasteiger partial charge in [0.1, 0.15) is 0 Å². The topological polar surface area (TPSA) is 73.5 Å². The number of benzene rings is 1. The molecule has 0 unspecified atom stereocenters. The Morgan fingerprint density at radius 2 is 1.96 bits per heavy atom. The molecule has 0 saturated carbocycles. The fraction of sp³-hybridized carbons (Fsp3) is 0.421. The van der Waals surface area contributed by atoms with E-state index in [-0.39, 0.29) is 24.3 Å². The van der Waals surface area contributed by atoms with Crippen LogP contribution in [0.25, 0.3) is 6.08 Å². The molecule has 7 heteroatoms. The normalized spacial score (nSPS) is 15.4. The summed E-state index contributed by atoms with van der Waals surface area (Å²) in [7, 11) is 0. The minimum atomic E-state index is -0.335. The third-order valence-electron chi connectivity index (χ3n) is 4.17. The van der Waals surface area contributed by atoms with E-state index in [1.807, 2.05) is 30.3 Å². The SMILES string of the molecule is CC(=O)N1C=Cc2ccccc2[C@@H]1CC(=O)NNC(=S)NCCC(C)C. The summed E-state index contributed by atoms with van der Waals surface area (Å²) in [6.45, 7) is 6.52. The average molecular weight is 375 g/mol. The van der Waals surface area contributed by atoms with Gasteiger partial charge in [-0.15, -0.1) is 0 Å². The Labute approximate surface area is 160 Å². The van der Waals surface area contributed by atoms with Gasteiger partial charge in [0.15, 0.2) is 5.11 Å². The lowest BCUT2D eigenvalue weighted by molar-refractivity contribution is -0.130. The number of thiocarbonyl (C=S) groups is 1. The standard InChI is InChI=1S/C19H26N4O2S/c1-13(2)8-10-20-19(26)22-21-18(25)12-17-16-7-5-4-6-15(16)9-11-23(17)14(3)24/h4-7,9,11,13,17H,8,10,12H2,1-3H3,(H,21,25)(H2,20,22,26)/t17-/m0/s1. The molecule has 26 heavy (non-hydrogen) atoms. The van der Waals surface area contributed by atoms with E-state index in [1.165, 1.54) is 6.92 Å². The van der Waals surface area contributed by atoms with Gasteiger partial charge in [-0.3, -0.25) is 20.4 Å². The quantitative estimate of drug-likeness (QED) is 0.545. The minimum Gasteiger partial charge on any atom is -0.361 e. The van der Waals surface area contributed by atoms with E-state index < -0.39 is 0 Å². The highest BCUT2D eigenvalue weighted by Crippen LogP contribution is 2.32. The van der Waals surface area contributed by atoms with Gasteiger partial charge in [0.25, 0.3) is 0 Å². The molecule has 3 N–H and O–H groups in total. The maximum atomic E-state index is 12.4. The smallest absolute Gasteiger partial charge is 0.240 e. The van der Waals surface area contributed by atoms with Crippen LogP contribution in [0.1, 0.15) is 50.8 Å². The summed E-state index contributed by atoms with van der Waals surface area (Å²) >= 11 is 5.14. The molecule has 0 aliphatic carbocycles. The van der Waals surface area contributed by atoms with E-state index in [0.717, 1.165) is 24.1 Å². The number of nitrogens with one attached hydrogen (secondary N) is 3. The van der Waals surface area contributed by atoms with Crippen LogP contribution in [0, 0.1) is 5.92 Å². The highest BCUT2D eigenvalue weighted by molar-refractivity contribution is 7.80. The number of nitrogens with zero attached hydrogens (tertiary/aromatic N) is 1. The lowest BCUT2D eigenvalue weighted by atomic mass is 9.93. The molecular formula is C19H26N4O2S. The second kappa shape index (κ2) is 9.33. The molecule has 0 radical (unpaired) electrons. The van der Waals surface area contributed by atoms with Crippen LogP contribution in [0.15, 0.2) is 30.5 Å². The van der Waals surface area contributed by atoms with Crippen molar-refractivity contribution in [2.24, 2.45) is 5.92 Å². The van der Waals surface area contributed by atoms with E-state index in [9.17, 15) is 9.59 Å². The number of carbonyl (C=O) groups is 2. The van der Waals surface area contributed by atoms with Crippen LogP contribution in [0.2, 0.25) is 0 Å². The van der Waals surface area contributed by atoms with Crippen molar-refractivity contribution in [3.63, 3.8) is 0 Å². The van der Waals surface area contributed by atoms with Crippen LogP contribution in [-0.4, -0.2) is 28.4 Å². The van der Waals surface area contributed by atoms with Gasteiger partial charge in [-0.25, -0.2) is 0 Å². The van der Waals surface area contributed by atoms with E-state index >= 15 is 0 Å². The first-order valence-electron chi connectivity index (χ1n) is 8.77. The molecule has 1 aromatic rings. The molecule has 1 heterocycles. The average Bonchev–Trinajstić information content (AvgIpc) is 2.59. The molecule has 2 rings (SSSR count). The predicted molar refractivity (Wildman–Crippen MR) is 107 cm³/mol. The summed E-state index contributed by atoms with van der Waals surface area (Å²) in [6, 6.07) is 7.43. The minimum absolute atomic E-state index is 0.104. The fourth-order valence-electron chi connectivity index (χ4n) is 2.78. The summed E-state index contributed by atoms with van der Waals surface area (Å²) in [5.41, 5.74) is 7.29. The Morgan fingerprint density at radius 3 is 2.65 bits per heavy atom. The largest absolute Gasteiger partial charge is 0.361 e. The Hall–Kier alpha value is -2.41. The summed E-state index contributed by atoms with van der Waals surface area (Å²) in [5.74, 6) is 0.239. The Balaban J connectivity index is 1.93. The molecule has 6 nitrogen and oxygen atoms in total. The zero-order valence-electron chi connectivity index (χ0n) is 15.4. The third-order valence-corrected chi connectivity index (χ3v) is 4.42. The van der Waals surface area contributed by atoms with Crippen molar-refractivity contribution in [3.05, 3.63) is 41.6 Å². The summed E-state index contributed by atoms with van der Waals surface area (Å²) in [5, 5.41) is 3.43. The lowest BCUT2D eigenvalue weighted by Crippen LogP contribution is -2.48. The summed E-state index contributed by atoms with van der Waals surface area (Å²) < 4.78 is 0. The van der Waals surface area contributed by atoms with Gasteiger partial charge in [-0.05, 0) is 41.8 Å². The molecule has 0 spiro atoms. The van der Waals surface area contributed by atoms with Gasteiger partial charge >= 0.3 is 0 Å². The molecule has 2 amide bonds. The Bertz CT molecular complexity index is 703. The van der Waals surface area contributed by atoms with Crippen molar-refractivity contribution in [2.45, 2.75) is 39.7 Å². The van der Waals surface area contributed by atoms with Crippen LogP contribution >= 0.6 is 12.2 Å². The molecule has 1 atom stereocenters. The number of rotatable bonds is 5. The van der Waals surface area contributed by atoms with Crippen LogP contribution in [0.5, 0.6) is 0 Å². The molecule has 1 aliphatic rings. The van der Waals surface area contributed by atoms with E-state index in [0.29, 0.717) is 11.0 Å². The molecular weight excluding hydrogens is 348 g/mol. The molecule has 0 aromatic heterocycles. The van der Waals surface area contributed by atoms with E-state index in [2.05, 4.69) is 30.0 Å². The van der Waals surface area contributed by atoms with E-state index in [1.54, 1.807) is 11.1 Å². The van der Waals surface area contributed by atoms with Gasteiger partial charge in [0, 0.05) is 19.7 Å². The predicted octanol–water partition coefficient (Wildman–Crippen LogP) is 2.49. The van der Waals surface area contributed by atoms with Gasteiger partial charge in [0.05, 0.1) is 12.5 Å². The zero-order valence-corrected chi connectivity index (χ0v) is 16.2. The highest BCUT2D eigenvalue weighted by Gasteiger charge is 2.28. The second-order valence-corrected chi connectivity index (χ2v) is 7.11. The monoisotopic (exact) mass is 374 g/mol. The lowest BCUT2D eigenvalue weighted by Gasteiger charge is -2.32. The van der Waals surface area contributed by atoms with Crippen molar-refractivity contribution in [1.82, 2.24) is 21.1 Å². The van der Waals surface area contributed by atoms with Crippen LogP contribution < -0.4 is 16.2 Å². The first kappa shape index (κ1) is 19.9. The highest BCUT2D eigenvalue weighted by atomic mass is 32.1. The number of carbonyl (C=O) groups excluding carboxylic acids is 2. The van der Waals surface area contributed by atoms with E-state index in [4.69, 9.17) is 12.2 Å². The maximum Gasteiger partial charge on any atom is 0.240 e. The van der Waals surface area contributed by atoms with Crippen molar-refractivity contribution in [1.29, 1.82) is 0 Å². The van der Waals surface area contributed by atoms with Gasteiger partial charge in [-0.1, -0.05) is 38.1 Å². The van der Waals surface area contributed by atoms with Gasteiger partial charge in [-0.2, -0.15) is 0 Å². The van der Waals surface area contributed by atoms with Crippen molar-refractivity contribution >= 4 is 35.2 Å². The molecule has 0 bridgehead atoms. The number of fused-ring (bicyclic) bond motifs is 1. The Kier molecular flexibility index (Phi) is 7.15. The second-order valence-electron chi connectivity index (χ2n) is 6.70. The van der Waals surface area contributed by atoms with Crippen LogP contribution in [-0.2, 0) is 9.59 Å². The van der Waals surface area contributed by atoms with Crippen LogP contribution in [0.4, 0.5) is 0 Å². The molecule has 1 aliphatic heterocycles. The third kappa shape index (κ3) is 5.56. The first-order chi connectivity index (χ1) is 12.4. The van der Waals surface area contributed by atoms with Gasteiger partial charge < -0.3 is 10.2 Å². The molecule has 140 valence electrons. The number of hydrogen-bond acceptors (Lipinski definition) is 3. The first-order valence-corrected chi connectivity index (χ1v) is 9.18. The number of amides is 2. The van der Waals surface area contributed by atoms with Crippen LogP contribution in [0.3, 0.4) is 0 Å².